The van der Waals surface area contributed by atoms with Crippen LogP contribution in [0.1, 0.15) is 29.5 Å². The number of piperidine rings is 1. The smallest absolute Gasteiger partial charge is 0.197 e. The molecular formula is C25H22FN5OS. The fourth-order valence-electron chi connectivity index (χ4n) is 4.29. The first-order valence-corrected chi connectivity index (χ1v) is 11.9. The summed E-state index contributed by atoms with van der Waals surface area (Å²) in [6.07, 6.45) is 3.91. The lowest BCUT2D eigenvalue weighted by atomic mass is 9.99. The largest absolute Gasteiger partial charge is 0.453 e. The molecule has 166 valence electrons. The summed E-state index contributed by atoms with van der Waals surface area (Å²) in [5.41, 5.74) is 3.19. The maximum atomic E-state index is 15.1. The van der Waals surface area contributed by atoms with E-state index in [2.05, 4.69) is 15.3 Å². The Balaban J connectivity index is 1.44. The van der Waals surface area contributed by atoms with E-state index < -0.39 is 0 Å². The van der Waals surface area contributed by atoms with Gasteiger partial charge in [-0.1, -0.05) is 18.2 Å². The van der Waals surface area contributed by atoms with Crippen LogP contribution in [0.4, 0.5) is 4.39 Å². The summed E-state index contributed by atoms with van der Waals surface area (Å²) in [4.78, 5) is 9.21. The quantitative estimate of drug-likeness (QED) is 0.373. The van der Waals surface area contributed by atoms with Crippen molar-refractivity contribution in [3.05, 3.63) is 71.2 Å². The van der Waals surface area contributed by atoms with E-state index in [-0.39, 0.29) is 5.82 Å². The van der Waals surface area contributed by atoms with Gasteiger partial charge in [-0.25, -0.2) is 18.9 Å². The number of para-hydroxylation sites is 1. The van der Waals surface area contributed by atoms with Gasteiger partial charge in [0.25, 0.3) is 0 Å². The van der Waals surface area contributed by atoms with Gasteiger partial charge >= 0.3 is 0 Å². The van der Waals surface area contributed by atoms with E-state index in [1.165, 1.54) is 6.07 Å². The number of hydrogen-bond acceptors (Lipinski definition) is 6. The van der Waals surface area contributed by atoms with Crippen LogP contribution in [0.15, 0.2) is 54.7 Å². The Morgan fingerprint density at radius 3 is 2.73 bits per heavy atom. The van der Waals surface area contributed by atoms with Gasteiger partial charge in [-0.2, -0.15) is 5.10 Å². The van der Waals surface area contributed by atoms with E-state index in [1.54, 1.807) is 15.9 Å². The number of imidazole rings is 1. The second kappa shape index (κ2) is 8.20. The molecule has 0 saturated carbocycles. The zero-order chi connectivity index (χ0) is 22.4. The number of rotatable bonds is 4. The Labute approximate surface area is 194 Å². The Morgan fingerprint density at radius 1 is 1.09 bits per heavy atom. The van der Waals surface area contributed by atoms with Crippen molar-refractivity contribution in [3.63, 3.8) is 0 Å². The molecular weight excluding hydrogens is 437 g/mol. The first-order chi connectivity index (χ1) is 16.1. The van der Waals surface area contributed by atoms with Crippen LogP contribution in [0.5, 0.6) is 11.5 Å². The molecule has 2 aromatic carbocycles. The fourth-order valence-corrected chi connectivity index (χ4v) is 5.48. The van der Waals surface area contributed by atoms with Gasteiger partial charge in [-0.3, -0.25) is 0 Å². The second-order valence-corrected chi connectivity index (χ2v) is 9.40. The molecule has 1 N–H and O–H groups in total. The van der Waals surface area contributed by atoms with Crippen LogP contribution >= 0.6 is 11.3 Å². The third kappa shape index (κ3) is 3.85. The molecule has 0 atom stereocenters. The molecule has 1 aliphatic rings. The van der Waals surface area contributed by atoms with Crippen LogP contribution in [-0.2, 0) is 0 Å². The average molecular weight is 460 g/mol. The summed E-state index contributed by atoms with van der Waals surface area (Å²) >= 11 is 1.58. The van der Waals surface area contributed by atoms with Gasteiger partial charge in [0.1, 0.15) is 11.3 Å². The summed E-state index contributed by atoms with van der Waals surface area (Å²) < 4.78 is 23.8. The molecule has 0 radical (unpaired) electrons. The highest BCUT2D eigenvalue weighted by Crippen LogP contribution is 2.37. The zero-order valence-electron chi connectivity index (χ0n) is 18.1. The summed E-state index contributed by atoms with van der Waals surface area (Å²) in [5.74, 6) is 1.33. The van der Waals surface area contributed by atoms with Crippen LogP contribution in [0, 0.1) is 12.7 Å². The number of benzene rings is 2. The van der Waals surface area contributed by atoms with Gasteiger partial charge in [0.05, 0.1) is 27.3 Å². The number of nitrogens with zero attached hydrogens (tertiary/aromatic N) is 4. The number of nitrogens with one attached hydrogen (secondary N) is 1. The predicted molar refractivity (Wildman–Crippen MR) is 128 cm³/mol. The first-order valence-electron chi connectivity index (χ1n) is 11.0. The molecule has 0 unspecified atom stereocenters. The summed E-state index contributed by atoms with van der Waals surface area (Å²) in [6.45, 7) is 3.87. The maximum absolute atomic E-state index is 15.1. The first kappa shape index (κ1) is 20.3. The van der Waals surface area contributed by atoms with Crippen molar-refractivity contribution < 1.29 is 9.13 Å². The SMILES string of the molecule is Cc1cn2nc(-c3cc(F)c4nc(C5CCNCC5)sc4c3)cc(Oc3ccccc3)c2n1. The number of aryl methyl sites for hydroxylation is 1. The number of halogens is 1. The van der Waals surface area contributed by atoms with Gasteiger partial charge < -0.3 is 10.1 Å². The highest BCUT2D eigenvalue weighted by Gasteiger charge is 2.21. The number of hydrogen-bond donors (Lipinski definition) is 1. The predicted octanol–water partition coefficient (Wildman–Crippen LogP) is 5.71. The molecule has 6 rings (SSSR count). The Kier molecular flexibility index (Phi) is 5.04. The van der Waals surface area contributed by atoms with Gasteiger partial charge in [0.2, 0.25) is 0 Å². The number of thiazole rings is 1. The molecule has 0 amide bonds. The number of aromatic nitrogens is 4. The molecule has 3 aromatic heterocycles. The number of fused-ring (bicyclic) bond motifs is 2. The van der Waals surface area contributed by atoms with Crippen molar-refractivity contribution in [2.75, 3.05) is 13.1 Å². The fraction of sp³-hybridized carbons (Fsp3) is 0.240. The van der Waals surface area contributed by atoms with Crippen molar-refractivity contribution in [1.29, 1.82) is 0 Å². The molecule has 0 bridgehead atoms. The van der Waals surface area contributed by atoms with Crippen LogP contribution in [-0.4, -0.2) is 32.7 Å². The summed E-state index contributed by atoms with van der Waals surface area (Å²) in [6, 6.07) is 14.9. The average Bonchev–Trinajstić information content (AvgIpc) is 3.44. The van der Waals surface area contributed by atoms with E-state index in [0.717, 1.165) is 41.3 Å². The maximum Gasteiger partial charge on any atom is 0.197 e. The normalized spacial score (nSPS) is 14.8. The summed E-state index contributed by atoms with van der Waals surface area (Å²) in [5, 5.41) is 9.09. The van der Waals surface area contributed by atoms with Crippen LogP contribution < -0.4 is 10.1 Å². The molecule has 1 aliphatic heterocycles. The highest BCUT2D eigenvalue weighted by molar-refractivity contribution is 7.18. The van der Waals surface area contributed by atoms with Crippen molar-refractivity contribution in [3.8, 4) is 22.8 Å². The molecule has 4 heterocycles. The highest BCUT2D eigenvalue weighted by atomic mass is 32.1. The Morgan fingerprint density at radius 2 is 1.91 bits per heavy atom. The van der Waals surface area contributed by atoms with E-state index in [1.807, 2.05) is 55.6 Å². The topological polar surface area (TPSA) is 64.3 Å². The van der Waals surface area contributed by atoms with Gasteiger partial charge in [-0.15, -0.1) is 11.3 Å². The Bertz CT molecular complexity index is 1460. The van der Waals surface area contributed by atoms with Gasteiger partial charge in [-0.05, 0) is 57.1 Å². The van der Waals surface area contributed by atoms with Crippen LogP contribution in [0.2, 0.25) is 0 Å². The lowest BCUT2D eigenvalue weighted by Gasteiger charge is -2.20. The van der Waals surface area contributed by atoms with Crippen molar-refractivity contribution in [2.24, 2.45) is 0 Å². The minimum Gasteiger partial charge on any atom is -0.453 e. The van der Waals surface area contributed by atoms with Gasteiger partial charge in [0.15, 0.2) is 17.2 Å². The molecule has 0 aliphatic carbocycles. The van der Waals surface area contributed by atoms with Crippen molar-refractivity contribution >= 4 is 27.2 Å². The zero-order valence-corrected chi connectivity index (χ0v) is 18.9. The van der Waals surface area contributed by atoms with Crippen molar-refractivity contribution in [2.45, 2.75) is 25.7 Å². The van der Waals surface area contributed by atoms with E-state index in [9.17, 15) is 0 Å². The third-order valence-corrected chi connectivity index (χ3v) is 7.10. The molecule has 33 heavy (non-hydrogen) atoms. The third-order valence-electron chi connectivity index (χ3n) is 5.93. The minimum atomic E-state index is -0.326. The van der Waals surface area contributed by atoms with E-state index >= 15 is 4.39 Å². The van der Waals surface area contributed by atoms with E-state index in [0.29, 0.717) is 39.8 Å². The summed E-state index contributed by atoms with van der Waals surface area (Å²) in [7, 11) is 0. The lowest BCUT2D eigenvalue weighted by molar-refractivity contribution is 0.459. The van der Waals surface area contributed by atoms with Crippen molar-refractivity contribution in [1.82, 2.24) is 24.9 Å². The standard InChI is InChI=1S/C25H22FN5OS/c1-15-14-31-24(28-15)21(32-18-5-3-2-4-6-18)13-20(30-31)17-11-19(26)23-22(12-17)33-25(29-23)16-7-9-27-10-8-16/h2-6,11-14,16,27H,7-10H2,1H3. The van der Waals surface area contributed by atoms with Crippen LogP contribution in [0.25, 0.3) is 27.1 Å². The molecule has 1 fully saturated rings. The molecule has 1 saturated heterocycles. The minimum absolute atomic E-state index is 0.326. The second-order valence-electron chi connectivity index (χ2n) is 8.34. The van der Waals surface area contributed by atoms with Crippen LogP contribution in [0.3, 0.4) is 0 Å². The van der Waals surface area contributed by atoms with E-state index in [4.69, 9.17) is 9.84 Å². The Hall–Kier alpha value is -3.36. The molecule has 0 spiro atoms. The molecule has 5 aromatic rings. The van der Waals surface area contributed by atoms with Gasteiger partial charge in [0, 0.05) is 17.5 Å². The molecule has 6 nitrogen and oxygen atoms in total. The monoisotopic (exact) mass is 459 g/mol. The molecule has 8 heteroatoms. The number of ether oxygens (including phenoxy) is 1. The lowest BCUT2D eigenvalue weighted by Crippen LogP contribution is -2.26.